The Labute approximate surface area is 97.2 Å². The smallest absolute Gasteiger partial charge is 0.261 e. The van der Waals surface area contributed by atoms with Crippen LogP contribution in [0.25, 0.3) is 0 Å². The number of aromatic nitrogens is 4. The van der Waals surface area contributed by atoms with Crippen molar-refractivity contribution in [3.63, 3.8) is 0 Å². The largest absolute Gasteiger partial charge is 0.271 e. The number of hydrazone groups is 1. The second-order valence-electron chi connectivity index (χ2n) is 3.14. The summed E-state index contributed by atoms with van der Waals surface area (Å²) in [5, 5.41) is 7.58. The molecule has 7 nitrogen and oxygen atoms in total. The zero-order valence-electron chi connectivity index (χ0n) is 8.89. The molecular weight excluding hydrogens is 220 g/mol. The maximum atomic E-state index is 11.4. The van der Waals surface area contributed by atoms with E-state index in [9.17, 15) is 4.79 Å². The van der Waals surface area contributed by atoms with Gasteiger partial charge >= 0.3 is 0 Å². The molecule has 86 valence electrons. The molecule has 0 aliphatic heterocycles. The number of hydrogen-bond donors (Lipinski definition) is 1. The number of nitrogens with zero attached hydrogens (tertiary/aromatic N) is 5. The highest BCUT2D eigenvalue weighted by molar-refractivity contribution is 5.80. The molecule has 0 aliphatic carbocycles. The third-order valence-electron chi connectivity index (χ3n) is 1.85. The SMILES string of the molecule is O=C(Cn1cncn1)N/N=C\c1ccccn1. The van der Waals surface area contributed by atoms with Crippen molar-refractivity contribution >= 4 is 12.1 Å². The van der Waals surface area contributed by atoms with Crippen LogP contribution in [-0.2, 0) is 11.3 Å². The van der Waals surface area contributed by atoms with Gasteiger partial charge in [-0.2, -0.15) is 10.2 Å². The summed E-state index contributed by atoms with van der Waals surface area (Å²) in [4.78, 5) is 19.1. The summed E-state index contributed by atoms with van der Waals surface area (Å²) in [6.45, 7) is 0.0829. The number of amides is 1. The third kappa shape index (κ3) is 3.49. The lowest BCUT2D eigenvalue weighted by molar-refractivity contribution is -0.121. The molecule has 2 aromatic rings. The van der Waals surface area contributed by atoms with E-state index in [2.05, 4.69) is 25.6 Å². The topological polar surface area (TPSA) is 85.1 Å². The van der Waals surface area contributed by atoms with Crippen molar-refractivity contribution in [2.24, 2.45) is 5.10 Å². The Morgan fingerprint density at radius 1 is 1.53 bits per heavy atom. The Morgan fingerprint density at radius 2 is 2.47 bits per heavy atom. The number of carbonyl (C=O) groups is 1. The lowest BCUT2D eigenvalue weighted by Gasteiger charge is -1.98. The maximum Gasteiger partial charge on any atom is 0.261 e. The van der Waals surface area contributed by atoms with Gasteiger partial charge in [-0.25, -0.2) is 15.1 Å². The van der Waals surface area contributed by atoms with Crippen molar-refractivity contribution in [1.82, 2.24) is 25.2 Å². The van der Waals surface area contributed by atoms with Crippen LogP contribution in [0.15, 0.2) is 42.2 Å². The van der Waals surface area contributed by atoms with Crippen molar-refractivity contribution in [2.75, 3.05) is 0 Å². The van der Waals surface area contributed by atoms with Crippen LogP contribution < -0.4 is 5.43 Å². The molecule has 7 heteroatoms. The van der Waals surface area contributed by atoms with E-state index >= 15 is 0 Å². The number of hydrogen-bond acceptors (Lipinski definition) is 5. The van der Waals surface area contributed by atoms with E-state index in [1.807, 2.05) is 6.07 Å². The molecule has 0 radical (unpaired) electrons. The summed E-state index contributed by atoms with van der Waals surface area (Å²) in [6.07, 6.45) is 5.95. The van der Waals surface area contributed by atoms with Gasteiger partial charge in [0, 0.05) is 6.20 Å². The van der Waals surface area contributed by atoms with Gasteiger partial charge in [-0.3, -0.25) is 9.78 Å². The predicted octanol–water partition coefficient (Wildman–Crippen LogP) is -0.177. The Balaban J connectivity index is 1.82. The fourth-order valence-electron chi connectivity index (χ4n) is 1.12. The first-order valence-corrected chi connectivity index (χ1v) is 4.90. The van der Waals surface area contributed by atoms with Crippen molar-refractivity contribution < 1.29 is 4.79 Å². The predicted molar refractivity (Wildman–Crippen MR) is 60.0 cm³/mol. The molecule has 0 aliphatic rings. The molecule has 0 unspecified atom stereocenters. The zero-order valence-corrected chi connectivity index (χ0v) is 8.89. The van der Waals surface area contributed by atoms with Crippen molar-refractivity contribution in [3.8, 4) is 0 Å². The average molecular weight is 230 g/mol. The molecule has 0 spiro atoms. The van der Waals surface area contributed by atoms with E-state index in [-0.39, 0.29) is 12.5 Å². The summed E-state index contributed by atoms with van der Waals surface area (Å²) in [5.74, 6) is -0.275. The van der Waals surface area contributed by atoms with Gasteiger partial charge in [0.15, 0.2) is 0 Å². The number of nitrogens with one attached hydrogen (secondary N) is 1. The lowest BCUT2D eigenvalue weighted by Crippen LogP contribution is -2.23. The zero-order chi connectivity index (χ0) is 11.9. The minimum Gasteiger partial charge on any atom is -0.271 e. The first-order chi connectivity index (χ1) is 8.34. The number of pyridine rings is 1. The van der Waals surface area contributed by atoms with Crippen LogP contribution in [0.4, 0.5) is 0 Å². The van der Waals surface area contributed by atoms with Crippen LogP contribution in [0.2, 0.25) is 0 Å². The second kappa shape index (κ2) is 5.50. The Morgan fingerprint density at radius 3 is 3.18 bits per heavy atom. The Kier molecular flexibility index (Phi) is 3.53. The van der Waals surface area contributed by atoms with Crippen LogP contribution in [0.3, 0.4) is 0 Å². The summed E-state index contributed by atoms with van der Waals surface area (Å²) in [5.41, 5.74) is 3.05. The van der Waals surface area contributed by atoms with Gasteiger partial charge in [0.25, 0.3) is 5.91 Å². The monoisotopic (exact) mass is 230 g/mol. The molecule has 0 saturated carbocycles. The molecule has 1 amide bonds. The molecule has 17 heavy (non-hydrogen) atoms. The van der Waals surface area contributed by atoms with Gasteiger partial charge in [-0.15, -0.1) is 0 Å². The van der Waals surface area contributed by atoms with E-state index in [1.54, 1.807) is 18.3 Å². The van der Waals surface area contributed by atoms with E-state index in [4.69, 9.17) is 0 Å². The highest BCUT2D eigenvalue weighted by atomic mass is 16.2. The lowest BCUT2D eigenvalue weighted by atomic mass is 10.4. The average Bonchev–Trinajstić information content (AvgIpc) is 2.83. The Hall–Kier alpha value is -2.57. The van der Waals surface area contributed by atoms with Gasteiger partial charge in [-0.1, -0.05) is 6.07 Å². The van der Waals surface area contributed by atoms with Gasteiger partial charge in [0.05, 0.1) is 11.9 Å². The molecule has 0 fully saturated rings. The van der Waals surface area contributed by atoms with Crippen LogP contribution >= 0.6 is 0 Å². The van der Waals surface area contributed by atoms with E-state index < -0.39 is 0 Å². The normalized spacial score (nSPS) is 10.6. The summed E-state index contributed by atoms with van der Waals surface area (Å²) < 4.78 is 1.41. The first kappa shape index (κ1) is 10.9. The molecule has 2 rings (SSSR count). The summed E-state index contributed by atoms with van der Waals surface area (Å²) in [7, 11) is 0. The molecule has 2 heterocycles. The molecule has 2 aromatic heterocycles. The summed E-state index contributed by atoms with van der Waals surface area (Å²) in [6, 6.07) is 5.43. The van der Waals surface area contributed by atoms with Crippen LogP contribution in [0, 0.1) is 0 Å². The van der Waals surface area contributed by atoms with Gasteiger partial charge in [0.2, 0.25) is 0 Å². The highest BCUT2D eigenvalue weighted by Gasteiger charge is 2.00. The molecule has 0 bridgehead atoms. The van der Waals surface area contributed by atoms with Crippen LogP contribution in [-0.4, -0.2) is 31.9 Å². The molecule has 0 saturated heterocycles. The molecular formula is C10H10N6O. The third-order valence-corrected chi connectivity index (χ3v) is 1.85. The summed E-state index contributed by atoms with van der Waals surface area (Å²) >= 11 is 0. The van der Waals surface area contributed by atoms with Crippen LogP contribution in [0.1, 0.15) is 5.69 Å². The van der Waals surface area contributed by atoms with E-state index in [1.165, 1.54) is 23.6 Å². The fourth-order valence-corrected chi connectivity index (χ4v) is 1.12. The molecule has 0 atom stereocenters. The fraction of sp³-hybridized carbons (Fsp3) is 0.100. The van der Waals surface area contributed by atoms with Crippen molar-refractivity contribution in [1.29, 1.82) is 0 Å². The van der Waals surface area contributed by atoms with E-state index in [0.29, 0.717) is 5.69 Å². The van der Waals surface area contributed by atoms with Gasteiger partial charge in [-0.05, 0) is 12.1 Å². The number of carbonyl (C=O) groups excluding carboxylic acids is 1. The number of rotatable bonds is 4. The first-order valence-electron chi connectivity index (χ1n) is 4.90. The van der Waals surface area contributed by atoms with Gasteiger partial charge < -0.3 is 0 Å². The van der Waals surface area contributed by atoms with Crippen LogP contribution in [0.5, 0.6) is 0 Å². The highest BCUT2D eigenvalue weighted by Crippen LogP contribution is 1.87. The second-order valence-corrected chi connectivity index (χ2v) is 3.14. The van der Waals surface area contributed by atoms with Crippen molar-refractivity contribution in [3.05, 3.63) is 42.7 Å². The Bertz CT molecular complexity index is 493. The maximum absolute atomic E-state index is 11.4. The molecule has 0 aromatic carbocycles. The minimum atomic E-state index is -0.275. The van der Waals surface area contributed by atoms with E-state index in [0.717, 1.165) is 0 Å². The van der Waals surface area contributed by atoms with Gasteiger partial charge in [0.1, 0.15) is 19.2 Å². The standard InChI is InChI=1S/C10H10N6O/c17-10(6-16-8-11-7-14-16)15-13-5-9-3-1-2-4-12-9/h1-5,7-8H,6H2,(H,15,17)/b13-5-. The minimum absolute atomic E-state index is 0.0829. The quantitative estimate of drug-likeness (QED) is 0.583. The van der Waals surface area contributed by atoms with Crippen molar-refractivity contribution in [2.45, 2.75) is 6.54 Å². The molecule has 1 N–H and O–H groups in total.